The van der Waals surface area contributed by atoms with Crippen molar-refractivity contribution in [3.63, 3.8) is 0 Å². The van der Waals surface area contributed by atoms with E-state index in [4.69, 9.17) is 4.74 Å². The van der Waals surface area contributed by atoms with Crippen LogP contribution in [-0.4, -0.2) is 71.7 Å². The fourth-order valence-corrected chi connectivity index (χ4v) is 4.13. The zero-order valence-electron chi connectivity index (χ0n) is 15.4. The number of H-pyrrole nitrogens is 1. The van der Waals surface area contributed by atoms with Crippen molar-refractivity contribution < 1.29 is 14.3 Å². The first kappa shape index (κ1) is 17.9. The number of ether oxygens (including phenoxy) is 1. The second-order valence-electron chi connectivity index (χ2n) is 7.32. The average Bonchev–Trinajstić information content (AvgIpc) is 3.16. The number of piperidine rings is 1. The van der Waals surface area contributed by atoms with E-state index in [1.807, 2.05) is 23.6 Å². The van der Waals surface area contributed by atoms with E-state index >= 15 is 0 Å². The van der Waals surface area contributed by atoms with E-state index < -0.39 is 0 Å². The highest BCUT2D eigenvalue weighted by Gasteiger charge is 2.49. The SMILES string of the molecule is COCCN1CCC[C@@]2(CCN(C(=O)Cc3c(C)n[nH]c3C)C2)C1=O. The standard InChI is InChI=1S/C18H28N4O3/c1-13-15(14(2)20-19-13)11-16(23)22-8-6-18(12-22)5-4-7-21(17(18)24)9-10-25-3/h4-12H2,1-3H3,(H,19,20)/t18-/m0/s1. The first-order valence-corrected chi connectivity index (χ1v) is 9.03. The number of hydrogen-bond acceptors (Lipinski definition) is 4. The Hall–Kier alpha value is -1.89. The molecule has 0 bridgehead atoms. The molecule has 2 fully saturated rings. The van der Waals surface area contributed by atoms with Gasteiger partial charge in [0.15, 0.2) is 0 Å². The number of aromatic amines is 1. The maximum absolute atomic E-state index is 13.0. The monoisotopic (exact) mass is 348 g/mol. The van der Waals surface area contributed by atoms with Gasteiger partial charge in [-0.2, -0.15) is 5.10 Å². The van der Waals surface area contributed by atoms with Gasteiger partial charge in [-0.3, -0.25) is 14.7 Å². The predicted octanol–water partition coefficient (Wildman–Crippen LogP) is 1.06. The summed E-state index contributed by atoms with van der Waals surface area (Å²) in [5.74, 6) is 0.285. The van der Waals surface area contributed by atoms with Crippen LogP contribution in [-0.2, 0) is 20.7 Å². The van der Waals surface area contributed by atoms with E-state index in [-0.39, 0.29) is 17.2 Å². The number of likely N-dealkylation sites (tertiary alicyclic amines) is 2. The topological polar surface area (TPSA) is 78.5 Å². The summed E-state index contributed by atoms with van der Waals surface area (Å²) in [5.41, 5.74) is 2.41. The smallest absolute Gasteiger partial charge is 0.230 e. The first-order valence-electron chi connectivity index (χ1n) is 9.03. The summed E-state index contributed by atoms with van der Waals surface area (Å²) >= 11 is 0. The van der Waals surface area contributed by atoms with Crippen molar-refractivity contribution in [1.82, 2.24) is 20.0 Å². The maximum Gasteiger partial charge on any atom is 0.230 e. The summed E-state index contributed by atoms with van der Waals surface area (Å²) in [6.45, 7) is 7.05. The lowest BCUT2D eigenvalue weighted by Gasteiger charge is -2.39. The Morgan fingerprint density at radius 2 is 2.12 bits per heavy atom. The third-order valence-electron chi connectivity index (χ3n) is 5.70. The van der Waals surface area contributed by atoms with Gasteiger partial charge in [0.1, 0.15) is 0 Å². The van der Waals surface area contributed by atoms with Crippen LogP contribution in [0.25, 0.3) is 0 Å². The molecule has 1 atom stereocenters. The molecule has 0 aromatic carbocycles. The first-order chi connectivity index (χ1) is 12.0. The molecule has 1 N–H and O–H groups in total. The van der Waals surface area contributed by atoms with Gasteiger partial charge in [-0.25, -0.2) is 0 Å². The Morgan fingerprint density at radius 3 is 2.80 bits per heavy atom. The third kappa shape index (κ3) is 3.42. The Balaban J connectivity index is 1.66. The van der Waals surface area contributed by atoms with Gasteiger partial charge in [-0.05, 0) is 33.1 Å². The molecule has 0 aliphatic carbocycles. The largest absolute Gasteiger partial charge is 0.383 e. The molecule has 1 aromatic heterocycles. The van der Waals surface area contributed by atoms with Gasteiger partial charge in [-0.1, -0.05) is 0 Å². The normalized spacial score (nSPS) is 23.7. The number of aryl methyl sites for hydroxylation is 2. The third-order valence-corrected chi connectivity index (χ3v) is 5.70. The minimum absolute atomic E-state index is 0.0892. The van der Waals surface area contributed by atoms with Crippen LogP contribution in [0.1, 0.15) is 36.2 Å². The molecule has 3 heterocycles. The van der Waals surface area contributed by atoms with Crippen LogP contribution in [0.2, 0.25) is 0 Å². The van der Waals surface area contributed by atoms with Crippen LogP contribution in [0, 0.1) is 19.3 Å². The zero-order valence-corrected chi connectivity index (χ0v) is 15.4. The van der Waals surface area contributed by atoms with Crippen molar-refractivity contribution in [2.75, 3.05) is 39.9 Å². The minimum Gasteiger partial charge on any atom is -0.383 e. The maximum atomic E-state index is 13.0. The fourth-order valence-electron chi connectivity index (χ4n) is 4.13. The number of carbonyl (C=O) groups is 2. The molecule has 0 unspecified atom stereocenters. The predicted molar refractivity (Wildman–Crippen MR) is 93.1 cm³/mol. The Labute approximate surface area is 148 Å². The summed E-state index contributed by atoms with van der Waals surface area (Å²) in [7, 11) is 1.65. The lowest BCUT2D eigenvalue weighted by Crippen LogP contribution is -2.51. The highest BCUT2D eigenvalue weighted by Crippen LogP contribution is 2.40. The number of methoxy groups -OCH3 is 1. The number of amides is 2. The molecule has 7 nitrogen and oxygen atoms in total. The van der Waals surface area contributed by atoms with Crippen molar-refractivity contribution in [3.05, 3.63) is 17.0 Å². The summed E-state index contributed by atoms with van der Waals surface area (Å²) in [4.78, 5) is 29.5. The van der Waals surface area contributed by atoms with E-state index in [9.17, 15) is 9.59 Å². The molecular weight excluding hydrogens is 320 g/mol. The van der Waals surface area contributed by atoms with Gasteiger partial charge in [0.25, 0.3) is 0 Å². The number of aromatic nitrogens is 2. The quantitative estimate of drug-likeness (QED) is 0.863. The van der Waals surface area contributed by atoms with Gasteiger partial charge in [0.05, 0.1) is 24.1 Å². The molecule has 1 spiro atoms. The van der Waals surface area contributed by atoms with Gasteiger partial charge in [0.2, 0.25) is 11.8 Å². The minimum atomic E-state index is -0.387. The lowest BCUT2D eigenvalue weighted by molar-refractivity contribution is -0.146. The molecule has 3 rings (SSSR count). The lowest BCUT2D eigenvalue weighted by atomic mass is 9.78. The Morgan fingerprint density at radius 1 is 1.32 bits per heavy atom. The number of rotatable bonds is 5. The fraction of sp³-hybridized carbons (Fsp3) is 0.722. The Bertz CT molecular complexity index is 637. The van der Waals surface area contributed by atoms with E-state index in [0.29, 0.717) is 32.7 Å². The van der Waals surface area contributed by atoms with Crippen molar-refractivity contribution in [3.8, 4) is 0 Å². The van der Waals surface area contributed by atoms with Gasteiger partial charge in [-0.15, -0.1) is 0 Å². The molecule has 2 aliphatic heterocycles. The highest BCUT2D eigenvalue weighted by molar-refractivity contribution is 5.86. The van der Waals surface area contributed by atoms with Gasteiger partial charge in [0, 0.05) is 44.5 Å². The van der Waals surface area contributed by atoms with Crippen LogP contribution in [0.5, 0.6) is 0 Å². The molecule has 2 saturated heterocycles. The molecule has 2 amide bonds. The van der Waals surface area contributed by atoms with Crippen LogP contribution in [0.15, 0.2) is 0 Å². The van der Waals surface area contributed by atoms with Crippen LogP contribution < -0.4 is 0 Å². The summed E-state index contributed by atoms with van der Waals surface area (Å²) in [6, 6.07) is 0. The summed E-state index contributed by atoms with van der Waals surface area (Å²) in [6.07, 6.45) is 3.00. The highest BCUT2D eigenvalue weighted by atomic mass is 16.5. The van der Waals surface area contributed by atoms with Crippen molar-refractivity contribution >= 4 is 11.8 Å². The zero-order chi connectivity index (χ0) is 18.0. The molecule has 138 valence electrons. The van der Waals surface area contributed by atoms with E-state index in [0.717, 1.165) is 42.8 Å². The number of carbonyl (C=O) groups excluding carboxylic acids is 2. The second-order valence-corrected chi connectivity index (χ2v) is 7.32. The van der Waals surface area contributed by atoms with Crippen LogP contribution >= 0.6 is 0 Å². The van der Waals surface area contributed by atoms with E-state index in [1.54, 1.807) is 7.11 Å². The molecule has 0 radical (unpaired) electrons. The van der Waals surface area contributed by atoms with E-state index in [1.165, 1.54) is 0 Å². The average molecular weight is 348 g/mol. The number of nitrogens with one attached hydrogen (secondary N) is 1. The van der Waals surface area contributed by atoms with Crippen molar-refractivity contribution in [2.24, 2.45) is 5.41 Å². The van der Waals surface area contributed by atoms with Crippen molar-refractivity contribution in [1.29, 1.82) is 0 Å². The molecule has 0 saturated carbocycles. The molecule has 7 heteroatoms. The number of hydrogen-bond donors (Lipinski definition) is 1. The second kappa shape index (κ2) is 7.15. The molecular formula is C18H28N4O3. The number of nitrogens with zero attached hydrogens (tertiary/aromatic N) is 3. The van der Waals surface area contributed by atoms with Crippen molar-refractivity contribution in [2.45, 2.75) is 39.5 Å². The summed E-state index contributed by atoms with van der Waals surface area (Å²) in [5, 5.41) is 7.09. The molecule has 1 aromatic rings. The van der Waals surface area contributed by atoms with E-state index in [2.05, 4.69) is 10.2 Å². The Kier molecular flexibility index (Phi) is 5.13. The molecule has 25 heavy (non-hydrogen) atoms. The molecule has 2 aliphatic rings. The summed E-state index contributed by atoms with van der Waals surface area (Å²) < 4.78 is 5.12. The van der Waals surface area contributed by atoms with Crippen LogP contribution in [0.4, 0.5) is 0 Å². The van der Waals surface area contributed by atoms with Gasteiger partial charge >= 0.3 is 0 Å². The van der Waals surface area contributed by atoms with Gasteiger partial charge < -0.3 is 14.5 Å². The van der Waals surface area contributed by atoms with Crippen LogP contribution in [0.3, 0.4) is 0 Å².